The van der Waals surface area contributed by atoms with Gasteiger partial charge in [0.05, 0.1) is 5.69 Å². The minimum Gasteiger partial charge on any atom is -0.343 e. The van der Waals surface area contributed by atoms with E-state index in [-0.39, 0.29) is 5.69 Å². The molecule has 0 N–H and O–H groups in total. The summed E-state index contributed by atoms with van der Waals surface area (Å²) >= 11 is 0. The quantitative estimate of drug-likeness (QED) is 0.652. The predicted octanol–water partition coefficient (Wildman–Crippen LogP) is 1.11. The molecule has 2 aromatic rings. The van der Waals surface area contributed by atoms with Crippen molar-refractivity contribution in [2.75, 3.05) is 0 Å². The molecule has 0 saturated carbocycles. The molecule has 0 atom stereocenters. The predicted molar refractivity (Wildman–Crippen MR) is 55.1 cm³/mol. The van der Waals surface area contributed by atoms with Gasteiger partial charge in [-0.1, -0.05) is 0 Å². The molecule has 1 aliphatic heterocycles. The fraction of sp³-hybridized carbons (Fsp3) is 0.182. The number of nitrogens with zero attached hydrogens (tertiary/aromatic N) is 5. The van der Waals surface area contributed by atoms with Crippen LogP contribution in [0.3, 0.4) is 0 Å². The summed E-state index contributed by atoms with van der Waals surface area (Å²) in [5.41, 5.74) is 1.54. The molecule has 2 aromatic heterocycles. The summed E-state index contributed by atoms with van der Waals surface area (Å²) in [5.74, 6) is 0.712. The van der Waals surface area contributed by atoms with E-state index in [0.29, 0.717) is 18.1 Å². The van der Waals surface area contributed by atoms with E-state index in [0.717, 1.165) is 12.2 Å². The number of imidazole rings is 1. The Balaban J connectivity index is 2.33. The first-order valence-electron chi connectivity index (χ1n) is 4.91. The van der Waals surface area contributed by atoms with Crippen molar-refractivity contribution in [2.24, 2.45) is 0 Å². The van der Waals surface area contributed by atoms with Gasteiger partial charge < -0.3 is 9.13 Å². The van der Waals surface area contributed by atoms with Crippen molar-refractivity contribution in [2.45, 2.75) is 13.1 Å². The topological polar surface area (TPSA) is 70.3 Å². The van der Waals surface area contributed by atoms with Crippen molar-refractivity contribution >= 4 is 0 Å². The summed E-state index contributed by atoms with van der Waals surface area (Å²) in [4.78, 5) is 4.21. The molecule has 76 valence electrons. The molecule has 16 heavy (non-hydrogen) atoms. The van der Waals surface area contributed by atoms with Gasteiger partial charge in [-0.3, -0.25) is 0 Å². The van der Waals surface area contributed by atoms with Crippen LogP contribution in [0.4, 0.5) is 0 Å². The Bertz CT molecular complexity index is 647. The van der Waals surface area contributed by atoms with E-state index in [1.54, 1.807) is 0 Å². The zero-order chi connectivity index (χ0) is 11.1. The molecule has 0 unspecified atom stereocenters. The average Bonchev–Trinajstić information content (AvgIpc) is 2.91. The van der Waals surface area contributed by atoms with Crippen LogP contribution in [0.2, 0.25) is 0 Å². The molecule has 0 radical (unpaired) electrons. The van der Waals surface area contributed by atoms with Gasteiger partial charge in [0, 0.05) is 19.3 Å². The fourth-order valence-electron chi connectivity index (χ4n) is 2.08. The van der Waals surface area contributed by atoms with Crippen molar-refractivity contribution in [3.63, 3.8) is 0 Å². The highest BCUT2D eigenvalue weighted by molar-refractivity contribution is 5.57. The molecule has 5 heteroatoms. The molecule has 0 saturated heterocycles. The van der Waals surface area contributed by atoms with Gasteiger partial charge in [-0.05, 0) is 12.1 Å². The molecule has 0 aliphatic carbocycles. The van der Waals surface area contributed by atoms with Crippen molar-refractivity contribution < 1.29 is 0 Å². The lowest BCUT2D eigenvalue weighted by Gasteiger charge is -2.17. The SMILES string of the molecule is N#Cc1nc2n(c1C#N)CCn1cccc1-2. The highest BCUT2D eigenvalue weighted by Crippen LogP contribution is 2.26. The Morgan fingerprint density at radius 2 is 2.12 bits per heavy atom. The Morgan fingerprint density at radius 1 is 1.25 bits per heavy atom. The van der Waals surface area contributed by atoms with Gasteiger partial charge in [0.15, 0.2) is 17.2 Å². The van der Waals surface area contributed by atoms with E-state index in [4.69, 9.17) is 10.5 Å². The normalized spacial score (nSPS) is 12.4. The molecule has 0 aromatic carbocycles. The molecule has 5 nitrogen and oxygen atoms in total. The smallest absolute Gasteiger partial charge is 0.177 e. The second-order valence-electron chi connectivity index (χ2n) is 3.59. The summed E-state index contributed by atoms with van der Waals surface area (Å²) in [6.07, 6.45) is 1.98. The first-order valence-corrected chi connectivity index (χ1v) is 4.91. The summed E-state index contributed by atoms with van der Waals surface area (Å²) in [7, 11) is 0. The highest BCUT2D eigenvalue weighted by Gasteiger charge is 2.23. The van der Waals surface area contributed by atoms with Gasteiger partial charge in [-0.25, -0.2) is 4.98 Å². The van der Waals surface area contributed by atoms with E-state index in [1.807, 2.05) is 35.0 Å². The van der Waals surface area contributed by atoms with E-state index in [9.17, 15) is 0 Å². The van der Waals surface area contributed by atoms with Crippen LogP contribution in [-0.4, -0.2) is 14.1 Å². The lowest BCUT2D eigenvalue weighted by atomic mass is 10.3. The fourth-order valence-corrected chi connectivity index (χ4v) is 2.08. The molecular weight excluding hydrogens is 202 g/mol. The number of nitriles is 2. The van der Waals surface area contributed by atoms with Crippen LogP contribution in [0.25, 0.3) is 11.5 Å². The van der Waals surface area contributed by atoms with Crippen LogP contribution in [0.1, 0.15) is 11.4 Å². The Kier molecular flexibility index (Phi) is 1.63. The minimum absolute atomic E-state index is 0.215. The maximum atomic E-state index is 9.02. The maximum Gasteiger partial charge on any atom is 0.177 e. The number of hydrogen-bond acceptors (Lipinski definition) is 3. The van der Waals surface area contributed by atoms with E-state index >= 15 is 0 Å². The third-order valence-corrected chi connectivity index (χ3v) is 2.80. The Morgan fingerprint density at radius 3 is 2.88 bits per heavy atom. The van der Waals surface area contributed by atoms with Gasteiger partial charge in [-0.2, -0.15) is 10.5 Å². The highest BCUT2D eigenvalue weighted by atomic mass is 15.2. The van der Waals surface area contributed by atoms with Gasteiger partial charge in [0.25, 0.3) is 0 Å². The van der Waals surface area contributed by atoms with Crippen LogP contribution in [0.15, 0.2) is 18.3 Å². The zero-order valence-electron chi connectivity index (χ0n) is 8.38. The van der Waals surface area contributed by atoms with Gasteiger partial charge in [-0.15, -0.1) is 0 Å². The van der Waals surface area contributed by atoms with E-state index in [2.05, 4.69) is 9.55 Å². The van der Waals surface area contributed by atoms with Crippen molar-refractivity contribution in [3.8, 4) is 23.7 Å². The first kappa shape index (κ1) is 8.75. The first-order chi connectivity index (χ1) is 7.85. The standard InChI is InChI=1S/C11H7N5/c12-6-8-10(7-13)16-5-4-15-3-1-2-9(15)11(16)14-8/h1-3H,4-5H2. The summed E-state index contributed by atoms with van der Waals surface area (Å²) in [5, 5.41) is 17.9. The Labute approximate surface area is 91.8 Å². The molecule has 3 heterocycles. The third-order valence-electron chi connectivity index (χ3n) is 2.80. The van der Waals surface area contributed by atoms with Crippen LogP contribution >= 0.6 is 0 Å². The molecule has 0 amide bonds. The van der Waals surface area contributed by atoms with Gasteiger partial charge >= 0.3 is 0 Å². The lowest BCUT2D eigenvalue weighted by Crippen LogP contribution is -2.16. The minimum atomic E-state index is 0.215. The second kappa shape index (κ2) is 2.98. The lowest BCUT2D eigenvalue weighted by molar-refractivity contribution is 0.553. The summed E-state index contributed by atoms with van der Waals surface area (Å²) in [6, 6.07) is 7.90. The number of fused-ring (bicyclic) bond motifs is 3. The molecule has 0 spiro atoms. The molecular formula is C11H7N5. The Hall–Kier alpha value is -2.53. The summed E-state index contributed by atoms with van der Waals surface area (Å²) in [6.45, 7) is 1.50. The number of aryl methyl sites for hydroxylation is 1. The number of rotatable bonds is 0. The second-order valence-corrected chi connectivity index (χ2v) is 3.59. The van der Waals surface area contributed by atoms with E-state index in [1.165, 1.54) is 0 Å². The summed E-state index contributed by atoms with van der Waals surface area (Å²) < 4.78 is 3.89. The molecule has 3 rings (SSSR count). The average molecular weight is 209 g/mol. The number of hydrogen-bond donors (Lipinski definition) is 0. The van der Waals surface area contributed by atoms with Crippen LogP contribution in [-0.2, 0) is 13.1 Å². The maximum absolute atomic E-state index is 9.02. The van der Waals surface area contributed by atoms with Gasteiger partial charge in [0.1, 0.15) is 12.1 Å². The van der Waals surface area contributed by atoms with Crippen LogP contribution in [0, 0.1) is 22.7 Å². The zero-order valence-corrected chi connectivity index (χ0v) is 8.38. The van der Waals surface area contributed by atoms with Crippen molar-refractivity contribution in [3.05, 3.63) is 29.7 Å². The van der Waals surface area contributed by atoms with Crippen molar-refractivity contribution in [1.82, 2.24) is 14.1 Å². The molecule has 0 fully saturated rings. The number of aromatic nitrogens is 3. The largest absolute Gasteiger partial charge is 0.343 e. The molecule has 1 aliphatic rings. The monoisotopic (exact) mass is 209 g/mol. The van der Waals surface area contributed by atoms with Crippen LogP contribution < -0.4 is 0 Å². The van der Waals surface area contributed by atoms with E-state index < -0.39 is 0 Å². The third kappa shape index (κ3) is 0.945. The van der Waals surface area contributed by atoms with Crippen molar-refractivity contribution in [1.29, 1.82) is 10.5 Å². The van der Waals surface area contributed by atoms with Gasteiger partial charge in [0.2, 0.25) is 0 Å². The molecule has 0 bridgehead atoms. The van der Waals surface area contributed by atoms with Crippen LogP contribution in [0.5, 0.6) is 0 Å².